The highest BCUT2D eigenvalue weighted by molar-refractivity contribution is 5.90. The monoisotopic (exact) mass is 374 g/mol. The van der Waals surface area contributed by atoms with Crippen molar-refractivity contribution in [2.75, 3.05) is 39.8 Å². The normalized spacial score (nSPS) is 10.1. The zero-order chi connectivity index (χ0) is 19.6. The van der Waals surface area contributed by atoms with Gasteiger partial charge in [0.05, 0.1) is 33.6 Å². The second-order valence-electron chi connectivity index (χ2n) is 5.62. The highest BCUT2D eigenvalue weighted by atomic mass is 16.5. The first-order chi connectivity index (χ1) is 13.1. The van der Waals surface area contributed by atoms with Crippen LogP contribution in [0.25, 0.3) is 0 Å². The number of hydrogen-bond donors (Lipinski definition) is 2. The van der Waals surface area contributed by atoms with Gasteiger partial charge in [0.25, 0.3) is 0 Å². The van der Waals surface area contributed by atoms with E-state index in [2.05, 4.69) is 10.6 Å². The number of amides is 2. The van der Waals surface area contributed by atoms with Gasteiger partial charge in [-0.05, 0) is 31.0 Å². The predicted molar refractivity (Wildman–Crippen MR) is 104 cm³/mol. The molecule has 0 spiro atoms. The van der Waals surface area contributed by atoms with Gasteiger partial charge in [0.2, 0.25) is 5.75 Å². The molecule has 27 heavy (non-hydrogen) atoms. The van der Waals surface area contributed by atoms with Gasteiger partial charge in [-0.2, -0.15) is 0 Å². The summed E-state index contributed by atoms with van der Waals surface area (Å²) in [6, 6.07) is 10.9. The van der Waals surface area contributed by atoms with Gasteiger partial charge in [-0.1, -0.05) is 12.1 Å². The molecule has 0 fully saturated rings. The van der Waals surface area contributed by atoms with Crippen LogP contribution >= 0.6 is 0 Å². The minimum atomic E-state index is -0.310. The quantitative estimate of drug-likeness (QED) is 0.703. The van der Waals surface area contributed by atoms with Crippen LogP contribution in [0.3, 0.4) is 0 Å². The summed E-state index contributed by atoms with van der Waals surface area (Å²) in [7, 11) is 4.58. The minimum Gasteiger partial charge on any atom is -0.494 e. The van der Waals surface area contributed by atoms with Crippen LogP contribution in [0.5, 0.6) is 23.0 Å². The molecule has 0 atom stereocenters. The zero-order valence-electron chi connectivity index (χ0n) is 16.1. The predicted octanol–water partition coefficient (Wildman–Crippen LogP) is 3.48. The maximum absolute atomic E-state index is 12.1. The Kier molecular flexibility index (Phi) is 7.61. The van der Waals surface area contributed by atoms with E-state index in [4.69, 9.17) is 18.9 Å². The largest absolute Gasteiger partial charge is 0.494 e. The van der Waals surface area contributed by atoms with E-state index in [1.54, 1.807) is 12.1 Å². The lowest BCUT2D eigenvalue weighted by atomic mass is 10.1. The van der Waals surface area contributed by atoms with Gasteiger partial charge in [-0.15, -0.1) is 0 Å². The molecule has 0 radical (unpaired) electrons. The zero-order valence-corrected chi connectivity index (χ0v) is 16.1. The van der Waals surface area contributed by atoms with Crippen LogP contribution in [0.15, 0.2) is 36.4 Å². The first-order valence-corrected chi connectivity index (χ1v) is 8.67. The molecule has 7 heteroatoms. The van der Waals surface area contributed by atoms with E-state index in [0.29, 0.717) is 36.1 Å². The lowest BCUT2D eigenvalue weighted by Crippen LogP contribution is -2.30. The molecule has 0 aromatic heterocycles. The first-order valence-electron chi connectivity index (χ1n) is 8.67. The van der Waals surface area contributed by atoms with E-state index < -0.39 is 0 Å². The Balaban J connectivity index is 1.90. The fraction of sp³-hybridized carbons (Fsp3) is 0.350. The molecule has 0 bridgehead atoms. The summed E-state index contributed by atoms with van der Waals surface area (Å²) in [5.41, 5.74) is 1.66. The number of anilines is 1. The van der Waals surface area contributed by atoms with Crippen molar-refractivity contribution in [1.29, 1.82) is 0 Å². The molecule has 0 unspecified atom stereocenters. The van der Waals surface area contributed by atoms with Gasteiger partial charge in [-0.25, -0.2) is 4.79 Å². The van der Waals surface area contributed by atoms with Gasteiger partial charge in [0.1, 0.15) is 5.75 Å². The van der Waals surface area contributed by atoms with E-state index in [1.165, 1.54) is 21.3 Å². The van der Waals surface area contributed by atoms with Crippen LogP contribution in [-0.4, -0.2) is 40.5 Å². The van der Waals surface area contributed by atoms with Crippen molar-refractivity contribution >= 4 is 11.7 Å². The Hall–Kier alpha value is -3.09. The third kappa shape index (κ3) is 5.70. The Morgan fingerprint density at radius 2 is 1.59 bits per heavy atom. The Morgan fingerprint density at radius 1 is 0.963 bits per heavy atom. The average molecular weight is 374 g/mol. The number of hydrogen-bond acceptors (Lipinski definition) is 5. The molecule has 146 valence electrons. The van der Waals surface area contributed by atoms with Crippen LogP contribution in [0.2, 0.25) is 0 Å². The fourth-order valence-electron chi connectivity index (χ4n) is 2.57. The molecular formula is C20H26N2O5. The summed E-state index contributed by atoms with van der Waals surface area (Å²) in [6.07, 6.45) is 0.717. The first kappa shape index (κ1) is 20.2. The third-order valence-electron chi connectivity index (χ3n) is 3.86. The number of carbonyl (C=O) groups is 1. The number of carbonyl (C=O) groups excluding carboxylic acids is 1. The third-order valence-corrected chi connectivity index (χ3v) is 3.86. The van der Waals surface area contributed by atoms with E-state index in [0.717, 1.165) is 17.7 Å². The lowest BCUT2D eigenvalue weighted by Gasteiger charge is -2.15. The molecule has 0 aliphatic rings. The molecule has 0 aliphatic carbocycles. The maximum atomic E-state index is 12.1. The summed E-state index contributed by atoms with van der Waals surface area (Å²) < 4.78 is 21.2. The van der Waals surface area contributed by atoms with Crippen molar-refractivity contribution in [2.24, 2.45) is 0 Å². The molecule has 7 nitrogen and oxygen atoms in total. The molecule has 2 aromatic rings. The lowest BCUT2D eigenvalue weighted by molar-refractivity contribution is 0.252. The topological polar surface area (TPSA) is 78.1 Å². The number of nitrogens with one attached hydrogen (secondary N) is 2. The van der Waals surface area contributed by atoms with Gasteiger partial charge < -0.3 is 29.6 Å². The molecule has 0 saturated carbocycles. The standard InChI is InChI=1S/C20H26N2O5/c1-5-27-16-8-6-14(7-9-16)10-11-21-20(23)22-15-12-17(24-2)19(26-4)18(13-15)25-3/h6-9,12-13H,5,10-11H2,1-4H3,(H2,21,22,23). The highest BCUT2D eigenvalue weighted by Gasteiger charge is 2.14. The molecule has 0 aliphatic heterocycles. The van der Waals surface area contributed by atoms with Crippen molar-refractivity contribution in [2.45, 2.75) is 13.3 Å². The molecule has 2 rings (SSSR count). The average Bonchev–Trinajstić information content (AvgIpc) is 2.68. The summed E-state index contributed by atoms with van der Waals surface area (Å²) in [4.78, 5) is 12.1. The number of benzene rings is 2. The summed E-state index contributed by atoms with van der Waals surface area (Å²) in [5, 5.41) is 5.60. The number of ether oxygens (including phenoxy) is 4. The van der Waals surface area contributed by atoms with Crippen LogP contribution in [0.4, 0.5) is 10.5 Å². The molecule has 0 saturated heterocycles. The van der Waals surface area contributed by atoms with Crippen molar-refractivity contribution in [3.8, 4) is 23.0 Å². The van der Waals surface area contributed by atoms with Crippen LogP contribution < -0.4 is 29.6 Å². The second-order valence-corrected chi connectivity index (χ2v) is 5.62. The SMILES string of the molecule is CCOc1ccc(CCNC(=O)Nc2cc(OC)c(OC)c(OC)c2)cc1. The summed E-state index contributed by atoms with van der Waals surface area (Å²) in [6.45, 7) is 3.09. The van der Waals surface area contributed by atoms with E-state index in [1.807, 2.05) is 31.2 Å². The van der Waals surface area contributed by atoms with Gasteiger partial charge in [0, 0.05) is 18.7 Å². The van der Waals surface area contributed by atoms with Crippen molar-refractivity contribution in [3.05, 3.63) is 42.0 Å². The van der Waals surface area contributed by atoms with Gasteiger partial charge in [-0.3, -0.25) is 0 Å². The number of methoxy groups -OCH3 is 3. The second kappa shape index (κ2) is 10.2. The van der Waals surface area contributed by atoms with Crippen LogP contribution in [0, 0.1) is 0 Å². The van der Waals surface area contributed by atoms with Crippen molar-refractivity contribution in [1.82, 2.24) is 5.32 Å². The smallest absolute Gasteiger partial charge is 0.319 e. The number of urea groups is 1. The molecule has 2 aromatic carbocycles. The van der Waals surface area contributed by atoms with Crippen LogP contribution in [-0.2, 0) is 6.42 Å². The minimum absolute atomic E-state index is 0.310. The van der Waals surface area contributed by atoms with E-state index >= 15 is 0 Å². The fourth-order valence-corrected chi connectivity index (χ4v) is 2.57. The summed E-state index contributed by atoms with van der Waals surface area (Å²) in [5.74, 6) is 2.26. The highest BCUT2D eigenvalue weighted by Crippen LogP contribution is 2.39. The Labute approximate surface area is 159 Å². The van der Waals surface area contributed by atoms with Crippen molar-refractivity contribution in [3.63, 3.8) is 0 Å². The number of rotatable bonds is 9. The maximum Gasteiger partial charge on any atom is 0.319 e. The molecule has 2 N–H and O–H groups in total. The van der Waals surface area contributed by atoms with Crippen molar-refractivity contribution < 1.29 is 23.7 Å². The van der Waals surface area contributed by atoms with E-state index in [9.17, 15) is 4.79 Å². The van der Waals surface area contributed by atoms with E-state index in [-0.39, 0.29) is 6.03 Å². The van der Waals surface area contributed by atoms with Gasteiger partial charge in [0.15, 0.2) is 11.5 Å². The Morgan fingerprint density at radius 3 is 2.11 bits per heavy atom. The van der Waals surface area contributed by atoms with Crippen LogP contribution in [0.1, 0.15) is 12.5 Å². The molecular weight excluding hydrogens is 348 g/mol. The summed E-state index contributed by atoms with van der Waals surface area (Å²) >= 11 is 0. The molecule has 2 amide bonds. The van der Waals surface area contributed by atoms with Gasteiger partial charge >= 0.3 is 6.03 Å². The molecule has 0 heterocycles. The Bertz CT molecular complexity index is 722.